The van der Waals surface area contributed by atoms with Gasteiger partial charge in [0.25, 0.3) is 11.5 Å². The molecule has 1 aromatic carbocycles. The highest BCUT2D eigenvalue weighted by Gasteiger charge is 2.33. The highest BCUT2D eigenvalue weighted by atomic mass is 32.2. The standard InChI is InChI=1S/C27H30FN5O2S2/c1-4-10-32-24(31-14-12-30(13-15-31)20-8-6-19(28)7-9-20)21(18(3)22(17-29)25(32)34)16-23-26(35)33(11-5-2)27(36)37-23/h6-9,16H,4-5,10-15H2,1-3H3/b23-16-. The van der Waals surface area contributed by atoms with Crippen molar-refractivity contribution in [3.05, 3.63) is 62.0 Å². The highest BCUT2D eigenvalue weighted by molar-refractivity contribution is 8.26. The molecule has 2 fully saturated rings. The first-order valence-electron chi connectivity index (χ1n) is 12.5. The number of pyridine rings is 1. The van der Waals surface area contributed by atoms with Crippen molar-refractivity contribution in [2.75, 3.05) is 42.5 Å². The molecule has 2 aliphatic rings. The molecule has 0 aliphatic carbocycles. The number of nitriles is 1. The number of rotatable bonds is 7. The first-order valence-corrected chi connectivity index (χ1v) is 13.7. The fourth-order valence-corrected chi connectivity index (χ4v) is 6.08. The minimum Gasteiger partial charge on any atom is -0.368 e. The molecule has 194 valence electrons. The molecule has 2 aliphatic heterocycles. The van der Waals surface area contributed by atoms with E-state index in [4.69, 9.17) is 12.2 Å². The number of hydrogen-bond donors (Lipinski definition) is 0. The summed E-state index contributed by atoms with van der Waals surface area (Å²) in [6.07, 6.45) is 3.31. The molecular formula is C27H30FN5O2S2. The molecule has 0 unspecified atom stereocenters. The number of benzene rings is 1. The summed E-state index contributed by atoms with van der Waals surface area (Å²) in [7, 11) is 0. The number of amides is 1. The average molecular weight is 540 g/mol. The van der Waals surface area contributed by atoms with Crippen LogP contribution in [-0.4, -0.2) is 52.4 Å². The maximum Gasteiger partial charge on any atom is 0.270 e. The summed E-state index contributed by atoms with van der Waals surface area (Å²) in [4.78, 5) is 33.0. The lowest BCUT2D eigenvalue weighted by molar-refractivity contribution is -0.122. The second kappa shape index (κ2) is 11.5. The number of hydrogen-bond acceptors (Lipinski definition) is 7. The van der Waals surface area contributed by atoms with Gasteiger partial charge in [-0.1, -0.05) is 37.8 Å². The van der Waals surface area contributed by atoms with Gasteiger partial charge >= 0.3 is 0 Å². The molecule has 0 N–H and O–H groups in total. The van der Waals surface area contributed by atoms with E-state index in [1.54, 1.807) is 34.6 Å². The van der Waals surface area contributed by atoms with E-state index in [2.05, 4.69) is 15.9 Å². The van der Waals surface area contributed by atoms with Crippen LogP contribution in [0.1, 0.15) is 43.4 Å². The van der Waals surface area contributed by atoms with Gasteiger partial charge < -0.3 is 9.80 Å². The number of carbonyl (C=O) groups is 1. The van der Waals surface area contributed by atoms with Crippen molar-refractivity contribution in [2.24, 2.45) is 0 Å². The Kier molecular flexibility index (Phi) is 8.35. The van der Waals surface area contributed by atoms with E-state index in [9.17, 15) is 19.2 Å². The van der Waals surface area contributed by atoms with Crippen LogP contribution in [0.15, 0.2) is 34.0 Å². The van der Waals surface area contributed by atoms with Gasteiger partial charge in [-0.25, -0.2) is 4.39 Å². The third kappa shape index (κ3) is 5.29. The lowest BCUT2D eigenvalue weighted by atomic mass is 10.0. The molecule has 2 aromatic rings. The van der Waals surface area contributed by atoms with Crippen molar-refractivity contribution in [3.8, 4) is 6.07 Å². The smallest absolute Gasteiger partial charge is 0.270 e. The lowest BCUT2D eigenvalue weighted by Crippen LogP contribution is -2.48. The minimum atomic E-state index is -0.312. The first kappa shape index (κ1) is 26.9. The molecule has 0 radical (unpaired) electrons. The number of piperazine rings is 1. The van der Waals surface area contributed by atoms with Gasteiger partial charge in [-0.2, -0.15) is 5.26 Å². The Balaban J connectivity index is 1.78. The predicted molar refractivity (Wildman–Crippen MR) is 151 cm³/mol. The maximum absolute atomic E-state index is 13.4. The van der Waals surface area contributed by atoms with Crippen LogP contribution in [0.4, 0.5) is 15.9 Å². The van der Waals surface area contributed by atoms with E-state index < -0.39 is 0 Å². The first-order chi connectivity index (χ1) is 17.8. The number of halogens is 1. The second-order valence-corrected chi connectivity index (χ2v) is 10.8. The van der Waals surface area contributed by atoms with Crippen molar-refractivity contribution >= 4 is 51.8 Å². The molecule has 0 bridgehead atoms. The summed E-state index contributed by atoms with van der Waals surface area (Å²) < 4.78 is 15.6. The van der Waals surface area contributed by atoms with Crippen LogP contribution in [0.3, 0.4) is 0 Å². The molecule has 0 saturated carbocycles. The molecule has 4 rings (SSSR count). The summed E-state index contributed by atoms with van der Waals surface area (Å²) in [5.74, 6) is 0.311. The predicted octanol–water partition coefficient (Wildman–Crippen LogP) is 4.52. The largest absolute Gasteiger partial charge is 0.368 e. The zero-order chi connectivity index (χ0) is 26.7. The molecule has 0 atom stereocenters. The zero-order valence-corrected chi connectivity index (χ0v) is 22.9. The molecule has 0 spiro atoms. The molecule has 7 nitrogen and oxygen atoms in total. The van der Waals surface area contributed by atoms with E-state index in [0.29, 0.717) is 66.0 Å². The van der Waals surface area contributed by atoms with Crippen LogP contribution < -0.4 is 15.4 Å². The Morgan fingerprint density at radius 1 is 1.05 bits per heavy atom. The Morgan fingerprint density at radius 3 is 2.27 bits per heavy atom. The van der Waals surface area contributed by atoms with Crippen LogP contribution in [0.25, 0.3) is 6.08 Å². The van der Waals surface area contributed by atoms with Crippen molar-refractivity contribution in [1.29, 1.82) is 5.26 Å². The monoisotopic (exact) mass is 539 g/mol. The highest BCUT2D eigenvalue weighted by Crippen LogP contribution is 2.36. The summed E-state index contributed by atoms with van der Waals surface area (Å²) in [6, 6.07) is 8.55. The van der Waals surface area contributed by atoms with Gasteiger partial charge in [-0.15, -0.1) is 0 Å². The van der Waals surface area contributed by atoms with Gasteiger partial charge in [-0.05, 0) is 55.7 Å². The number of anilines is 2. The van der Waals surface area contributed by atoms with Gasteiger partial charge in [0.05, 0.1) is 4.91 Å². The third-order valence-corrected chi connectivity index (χ3v) is 8.04. The van der Waals surface area contributed by atoms with Gasteiger partial charge in [0, 0.05) is 50.5 Å². The molecule has 37 heavy (non-hydrogen) atoms. The molecule has 2 saturated heterocycles. The number of thioether (sulfide) groups is 1. The maximum atomic E-state index is 13.4. The third-order valence-electron chi connectivity index (χ3n) is 6.66. The Hall–Kier alpha value is -3.16. The SMILES string of the molecule is CCCN1C(=O)/C(=C/c2c(C)c(C#N)c(=O)n(CCC)c2N2CCN(c3ccc(F)cc3)CC2)SC1=S. The average Bonchev–Trinajstić information content (AvgIpc) is 3.15. The van der Waals surface area contributed by atoms with Crippen LogP contribution in [0, 0.1) is 24.1 Å². The molecule has 3 heterocycles. The quantitative estimate of drug-likeness (QED) is 0.379. The number of thiocarbonyl (C=S) groups is 1. The normalized spacial score (nSPS) is 17.2. The van der Waals surface area contributed by atoms with Crippen molar-refractivity contribution in [3.63, 3.8) is 0 Å². The van der Waals surface area contributed by atoms with E-state index in [0.717, 1.165) is 17.9 Å². The van der Waals surface area contributed by atoms with Crippen molar-refractivity contribution in [2.45, 2.75) is 40.2 Å². The zero-order valence-electron chi connectivity index (χ0n) is 21.3. The molecule has 1 aromatic heterocycles. The molecule has 1 amide bonds. The Labute approximate surface area is 226 Å². The number of nitrogens with zero attached hydrogens (tertiary/aromatic N) is 5. The fraction of sp³-hybridized carbons (Fsp3) is 0.407. The van der Waals surface area contributed by atoms with Gasteiger partial charge in [0.15, 0.2) is 0 Å². The van der Waals surface area contributed by atoms with E-state index in [-0.39, 0.29) is 22.8 Å². The van der Waals surface area contributed by atoms with Gasteiger partial charge in [0.2, 0.25) is 0 Å². The van der Waals surface area contributed by atoms with Gasteiger partial charge in [-0.3, -0.25) is 19.1 Å². The van der Waals surface area contributed by atoms with Crippen LogP contribution in [0.2, 0.25) is 0 Å². The molecule has 10 heteroatoms. The van der Waals surface area contributed by atoms with Crippen LogP contribution in [-0.2, 0) is 11.3 Å². The second-order valence-electron chi connectivity index (χ2n) is 9.09. The fourth-order valence-electron chi connectivity index (χ4n) is 4.79. The van der Waals surface area contributed by atoms with Crippen molar-refractivity contribution < 1.29 is 9.18 Å². The number of aromatic nitrogens is 1. The van der Waals surface area contributed by atoms with Crippen LogP contribution in [0.5, 0.6) is 0 Å². The van der Waals surface area contributed by atoms with E-state index in [1.165, 1.54) is 23.9 Å². The van der Waals surface area contributed by atoms with Gasteiger partial charge in [0.1, 0.15) is 27.6 Å². The van der Waals surface area contributed by atoms with E-state index >= 15 is 0 Å². The number of carbonyl (C=O) groups excluding carboxylic acids is 1. The Bertz CT molecular complexity index is 1340. The van der Waals surface area contributed by atoms with E-state index in [1.807, 2.05) is 13.8 Å². The summed E-state index contributed by atoms with van der Waals surface area (Å²) in [6.45, 7) is 9.39. The minimum absolute atomic E-state index is 0.0948. The Morgan fingerprint density at radius 2 is 1.68 bits per heavy atom. The van der Waals surface area contributed by atoms with Crippen LogP contribution >= 0.6 is 24.0 Å². The summed E-state index contributed by atoms with van der Waals surface area (Å²) >= 11 is 6.71. The topological polar surface area (TPSA) is 72.6 Å². The summed E-state index contributed by atoms with van der Waals surface area (Å²) in [5, 5.41) is 9.83. The lowest BCUT2D eigenvalue weighted by Gasteiger charge is -2.39. The summed E-state index contributed by atoms with van der Waals surface area (Å²) in [5.41, 5.74) is 2.00. The molecular weight excluding hydrogens is 509 g/mol. The van der Waals surface area contributed by atoms with Crippen molar-refractivity contribution in [1.82, 2.24) is 9.47 Å².